The van der Waals surface area contributed by atoms with Gasteiger partial charge in [-0.05, 0) is 25.5 Å². The van der Waals surface area contributed by atoms with E-state index in [1.54, 1.807) is 13.0 Å². The highest BCUT2D eigenvalue weighted by Crippen LogP contribution is 2.18. The number of anilines is 1. The number of carbonyl (C=O) groups excluding carboxylic acids is 1. The summed E-state index contributed by atoms with van der Waals surface area (Å²) in [4.78, 5) is 29.8. The van der Waals surface area contributed by atoms with Crippen LogP contribution in [0.4, 0.5) is 10.1 Å². The van der Waals surface area contributed by atoms with Gasteiger partial charge in [-0.2, -0.15) is 0 Å². The fourth-order valence-electron chi connectivity index (χ4n) is 2.32. The largest absolute Gasteiger partial charge is 0.316 e. The minimum Gasteiger partial charge on any atom is -0.316 e. The Morgan fingerprint density at radius 3 is 2.83 bits per heavy atom. The summed E-state index contributed by atoms with van der Waals surface area (Å²) in [5, 5.41) is 4.37. The molecule has 1 N–H and O–H groups in total. The number of carbonyl (C=O) groups is 1. The van der Waals surface area contributed by atoms with E-state index in [4.69, 9.17) is 0 Å². The third kappa shape index (κ3) is 2.63. The molecule has 3 rings (SSSR count). The molecule has 7 heteroatoms. The molecule has 3 aromatic rings. The number of halogens is 1. The number of aromatic nitrogens is 2. The zero-order valence-electron chi connectivity index (χ0n) is 12.6. The van der Waals surface area contributed by atoms with Crippen LogP contribution >= 0.6 is 11.3 Å². The van der Waals surface area contributed by atoms with Crippen LogP contribution in [0.1, 0.15) is 28.7 Å². The van der Waals surface area contributed by atoms with Crippen molar-refractivity contribution in [2.45, 2.75) is 20.3 Å². The van der Waals surface area contributed by atoms with Crippen LogP contribution in [0.3, 0.4) is 0 Å². The molecule has 23 heavy (non-hydrogen) atoms. The van der Waals surface area contributed by atoms with E-state index in [9.17, 15) is 14.0 Å². The van der Waals surface area contributed by atoms with Crippen LogP contribution in [0.5, 0.6) is 0 Å². The molecule has 1 amide bonds. The Kier molecular flexibility index (Phi) is 3.96. The van der Waals surface area contributed by atoms with Gasteiger partial charge in [0.1, 0.15) is 11.5 Å². The van der Waals surface area contributed by atoms with Crippen LogP contribution < -0.4 is 10.9 Å². The zero-order valence-corrected chi connectivity index (χ0v) is 13.4. The highest BCUT2D eigenvalue weighted by molar-refractivity contribution is 7.15. The molecule has 0 fully saturated rings. The highest BCUT2D eigenvalue weighted by atomic mass is 32.1. The van der Waals surface area contributed by atoms with Gasteiger partial charge >= 0.3 is 0 Å². The molecule has 0 saturated heterocycles. The van der Waals surface area contributed by atoms with E-state index >= 15 is 0 Å². The number of nitrogens with zero attached hydrogens (tertiary/aromatic N) is 2. The molecule has 0 aliphatic rings. The molecule has 0 radical (unpaired) electrons. The van der Waals surface area contributed by atoms with E-state index in [0.29, 0.717) is 17.1 Å². The Morgan fingerprint density at radius 2 is 2.13 bits per heavy atom. The van der Waals surface area contributed by atoms with E-state index in [1.807, 2.05) is 12.3 Å². The van der Waals surface area contributed by atoms with Crippen LogP contribution in [-0.2, 0) is 6.42 Å². The first-order chi connectivity index (χ1) is 11.0. The first-order valence-corrected chi connectivity index (χ1v) is 7.96. The number of hydrogen-bond donors (Lipinski definition) is 1. The third-order valence-electron chi connectivity index (χ3n) is 3.54. The van der Waals surface area contributed by atoms with Crippen molar-refractivity contribution in [2.24, 2.45) is 0 Å². The second-order valence-electron chi connectivity index (χ2n) is 5.01. The van der Waals surface area contributed by atoms with E-state index in [2.05, 4.69) is 10.3 Å². The number of fused-ring (bicyclic) bond motifs is 1. The van der Waals surface area contributed by atoms with Crippen molar-refractivity contribution in [1.29, 1.82) is 0 Å². The smallest absolute Gasteiger partial charge is 0.282 e. The van der Waals surface area contributed by atoms with Crippen LogP contribution in [0, 0.1) is 12.7 Å². The molecular formula is C16H14FN3O2S. The number of benzene rings is 1. The highest BCUT2D eigenvalue weighted by Gasteiger charge is 2.18. The Balaban J connectivity index is 2.08. The van der Waals surface area contributed by atoms with E-state index < -0.39 is 11.7 Å². The SMILES string of the molecule is CCc1csc2nc(C)c(NC(=O)c3ccccc3F)c(=O)n12. The summed E-state index contributed by atoms with van der Waals surface area (Å²) in [7, 11) is 0. The van der Waals surface area contributed by atoms with Gasteiger partial charge in [-0.15, -0.1) is 11.3 Å². The van der Waals surface area contributed by atoms with Gasteiger partial charge in [0.05, 0.1) is 11.3 Å². The lowest BCUT2D eigenvalue weighted by Gasteiger charge is -2.09. The number of amides is 1. The minimum absolute atomic E-state index is 0.0730. The van der Waals surface area contributed by atoms with Gasteiger partial charge in [0.15, 0.2) is 4.96 Å². The average Bonchev–Trinajstić information content (AvgIpc) is 2.94. The lowest BCUT2D eigenvalue weighted by Crippen LogP contribution is -2.25. The maximum atomic E-state index is 13.7. The van der Waals surface area contributed by atoms with Crippen molar-refractivity contribution in [3.63, 3.8) is 0 Å². The summed E-state index contributed by atoms with van der Waals surface area (Å²) in [6.07, 6.45) is 0.672. The van der Waals surface area contributed by atoms with Crippen LogP contribution in [0.25, 0.3) is 4.96 Å². The Hall–Kier alpha value is -2.54. The standard InChI is InChI=1S/C16H14FN3O2S/c1-3-10-8-23-16-18-9(2)13(15(22)20(10)16)19-14(21)11-6-4-5-7-12(11)17/h4-8H,3H2,1-2H3,(H,19,21). The number of hydrogen-bond acceptors (Lipinski definition) is 4. The molecule has 2 heterocycles. The number of thiazole rings is 1. The summed E-state index contributed by atoms with van der Waals surface area (Å²) in [6, 6.07) is 5.63. The number of rotatable bonds is 3. The monoisotopic (exact) mass is 331 g/mol. The fourth-order valence-corrected chi connectivity index (χ4v) is 3.33. The van der Waals surface area contributed by atoms with Gasteiger partial charge < -0.3 is 5.32 Å². The predicted octanol–water partition coefficient (Wildman–Crippen LogP) is 3.02. The maximum Gasteiger partial charge on any atom is 0.282 e. The van der Waals surface area contributed by atoms with Gasteiger partial charge in [0.25, 0.3) is 11.5 Å². The first-order valence-electron chi connectivity index (χ1n) is 7.08. The first kappa shape index (κ1) is 15.4. The van der Waals surface area contributed by atoms with Crippen molar-refractivity contribution >= 4 is 27.9 Å². The van der Waals surface area contributed by atoms with Crippen molar-refractivity contribution in [3.8, 4) is 0 Å². The van der Waals surface area contributed by atoms with Gasteiger partial charge in [0, 0.05) is 11.1 Å². The Bertz CT molecular complexity index is 962. The molecule has 0 aliphatic heterocycles. The molecule has 1 aromatic carbocycles. The topological polar surface area (TPSA) is 63.5 Å². The predicted molar refractivity (Wildman–Crippen MR) is 87.8 cm³/mol. The summed E-state index contributed by atoms with van der Waals surface area (Å²) < 4.78 is 15.2. The molecule has 2 aromatic heterocycles. The average molecular weight is 331 g/mol. The molecule has 0 aliphatic carbocycles. The molecule has 0 atom stereocenters. The lowest BCUT2D eigenvalue weighted by atomic mass is 10.2. The van der Waals surface area contributed by atoms with Crippen LogP contribution in [0.15, 0.2) is 34.4 Å². The molecule has 0 spiro atoms. The van der Waals surface area contributed by atoms with E-state index in [0.717, 1.165) is 5.69 Å². The van der Waals surface area contributed by atoms with Crippen molar-refractivity contribution in [2.75, 3.05) is 5.32 Å². The van der Waals surface area contributed by atoms with Gasteiger partial charge in [0.2, 0.25) is 0 Å². The normalized spacial score (nSPS) is 10.9. The summed E-state index contributed by atoms with van der Waals surface area (Å²) in [6.45, 7) is 3.58. The minimum atomic E-state index is -0.668. The zero-order chi connectivity index (χ0) is 16.6. The number of aryl methyl sites for hydroxylation is 2. The second-order valence-corrected chi connectivity index (χ2v) is 5.85. The Morgan fingerprint density at radius 1 is 1.39 bits per heavy atom. The molecule has 5 nitrogen and oxygen atoms in total. The molecule has 0 bridgehead atoms. The van der Waals surface area contributed by atoms with Crippen molar-refractivity contribution in [3.05, 3.63) is 62.8 Å². The maximum absolute atomic E-state index is 13.7. The quantitative estimate of drug-likeness (QED) is 0.802. The summed E-state index contributed by atoms with van der Waals surface area (Å²) in [5.41, 5.74) is 0.838. The Labute approximate surface area is 135 Å². The second kappa shape index (κ2) is 5.92. The summed E-state index contributed by atoms with van der Waals surface area (Å²) in [5.74, 6) is -1.31. The fraction of sp³-hybridized carbons (Fsp3) is 0.188. The van der Waals surface area contributed by atoms with Crippen LogP contribution in [0.2, 0.25) is 0 Å². The molecule has 0 unspecified atom stereocenters. The number of nitrogens with one attached hydrogen (secondary N) is 1. The van der Waals surface area contributed by atoms with Crippen molar-refractivity contribution < 1.29 is 9.18 Å². The molecule has 118 valence electrons. The lowest BCUT2D eigenvalue weighted by molar-refractivity contribution is 0.102. The third-order valence-corrected chi connectivity index (χ3v) is 4.41. The molecule has 0 saturated carbocycles. The van der Waals surface area contributed by atoms with E-state index in [-0.39, 0.29) is 16.8 Å². The van der Waals surface area contributed by atoms with Gasteiger partial charge in [-0.1, -0.05) is 19.1 Å². The van der Waals surface area contributed by atoms with Gasteiger partial charge in [-0.3, -0.25) is 14.0 Å². The summed E-state index contributed by atoms with van der Waals surface area (Å²) >= 11 is 1.37. The van der Waals surface area contributed by atoms with Crippen LogP contribution in [-0.4, -0.2) is 15.3 Å². The molecular weight excluding hydrogens is 317 g/mol. The van der Waals surface area contributed by atoms with Gasteiger partial charge in [-0.25, -0.2) is 9.37 Å². The van der Waals surface area contributed by atoms with E-state index in [1.165, 1.54) is 33.9 Å². The van der Waals surface area contributed by atoms with Crippen molar-refractivity contribution in [1.82, 2.24) is 9.38 Å².